The third-order valence-corrected chi connectivity index (χ3v) is 4.36. The van der Waals surface area contributed by atoms with Gasteiger partial charge in [0.15, 0.2) is 0 Å². The minimum Gasteiger partial charge on any atom is -0.346 e. The summed E-state index contributed by atoms with van der Waals surface area (Å²) in [5.74, 6) is -0.254. The maximum Gasteiger partial charge on any atom is 0.267 e. The topological polar surface area (TPSA) is 76.9 Å². The molecule has 0 saturated heterocycles. The van der Waals surface area contributed by atoms with Crippen molar-refractivity contribution in [3.8, 4) is 0 Å². The third kappa shape index (κ3) is 3.59. The van der Waals surface area contributed by atoms with Crippen LogP contribution in [0.5, 0.6) is 0 Å². The van der Waals surface area contributed by atoms with Gasteiger partial charge in [0, 0.05) is 10.9 Å². The highest BCUT2D eigenvalue weighted by molar-refractivity contribution is 7.11. The average molecular weight is 320 g/mol. The Bertz CT molecular complexity index is 763. The van der Waals surface area contributed by atoms with Crippen molar-refractivity contribution in [3.63, 3.8) is 0 Å². The summed E-state index contributed by atoms with van der Waals surface area (Å²) in [6.07, 6.45) is 0. The molecule has 118 valence electrons. The summed E-state index contributed by atoms with van der Waals surface area (Å²) >= 11 is 1.60. The first-order valence-electron chi connectivity index (χ1n) is 7.06. The predicted molar refractivity (Wildman–Crippen MR) is 86.1 cm³/mol. The minimum atomic E-state index is -0.272. The maximum absolute atomic E-state index is 12.1. The van der Waals surface area contributed by atoms with E-state index in [-0.39, 0.29) is 24.1 Å². The van der Waals surface area contributed by atoms with Crippen LogP contribution in [-0.4, -0.2) is 20.7 Å². The Morgan fingerprint density at radius 3 is 2.64 bits per heavy atom. The summed E-state index contributed by atoms with van der Waals surface area (Å²) in [5.41, 5.74) is 2.16. The van der Waals surface area contributed by atoms with Crippen LogP contribution in [0.4, 0.5) is 0 Å². The van der Waals surface area contributed by atoms with Crippen LogP contribution in [0.2, 0.25) is 0 Å². The Kier molecular flexibility index (Phi) is 4.75. The molecule has 1 amide bonds. The Balaban J connectivity index is 2.09. The molecule has 6 nitrogen and oxygen atoms in total. The molecule has 0 spiro atoms. The van der Waals surface area contributed by atoms with E-state index in [0.717, 1.165) is 26.8 Å². The molecule has 0 fully saturated rings. The molecule has 0 unspecified atom stereocenters. The maximum atomic E-state index is 12.1. The highest BCUT2D eigenvalue weighted by atomic mass is 32.1. The molecule has 1 atom stereocenters. The monoisotopic (exact) mass is 320 g/mol. The Morgan fingerprint density at radius 2 is 2.05 bits per heavy atom. The number of carbonyl (C=O) groups is 1. The number of carbonyl (C=O) groups excluding carboxylic acids is 1. The second-order valence-electron chi connectivity index (χ2n) is 5.37. The molecule has 0 aliphatic heterocycles. The van der Waals surface area contributed by atoms with Gasteiger partial charge < -0.3 is 5.32 Å². The normalized spacial score (nSPS) is 12.2. The van der Waals surface area contributed by atoms with Gasteiger partial charge in [0.05, 0.1) is 22.4 Å². The molecular weight excluding hydrogens is 300 g/mol. The van der Waals surface area contributed by atoms with Gasteiger partial charge in [0.25, 0.3) is 5.56 Å². The van der Waals surface area contributed by atoms with E-state index < -0.39 is 0 Å². The lowest BCUT2D eigenvalue weighted by molar-refractivity contribution is -0.122. The first-order valence-corrected chi connectivity index (χ1v) is 7.88. The molecule has 0 radical (unpaired) electrons. The molecule has 1 N–H and O–H groups in total. The van der Waals surface area contributed by atoms with E-state index in [4.69, 9.17) is 0 Å². The highest BCUT2D eigenvalue weighted by Gasteiger charge is 2.16. The second kappa shape index (κ2) is 6.39. The standard InChI is InChI=1S/C15H20N4O2S/c1-8-6-14(21)19(18-9(8)2)7-13(20)16-10(3)15-11(4)22-12(5)17-15/h6,10H,7H2,1-5H3,(H,16,20)/t10-/m1/s1. The quantitative estimate of drug-likeness (QED) is 0.932. The van der Waals surface area contributed by atoms with Crippen LogP contribution in [0.1, 0.15) is 39.8 Å². The third-order valence-electron chi connectivity index (χ3n) is 3.46. The fraction of sp³-hybridized carbons (Fsp3) is 0.467. The minimum absolute atomic E-state index is 0.0908. The van der Waals surface area contributed by atoms with Crippen molar-refractivity contribution < 1.29 is 4.79 Å². The van der Waals surface area contributed by atoms with Crippen LogP contribution < -0.4 is 10.9 Å². The molecular formula is C15H20N4O2S. The molecule has 22 heavy (non-hydrogen) atoms. The van der Waals surface area contributed by atoms with Gasteiger partial charge in [0.2, 0.25) is 5.91 Å². The van der Waals surface area contributed by atoms with Crippen molar-refractivity contribution >= 4 is 17.2 Å². The zero-order chi connectivity index (χ0) is 16.4. The second-order valence-corrected chi connectivity index (χ2v) is 6.78. The van der Waals surface area contributed by atoms with Crippen molar-refractivity contribution in [2.75, 3.05) is 0 Å². The number of aromatic nitrogens is 3. The number of hydrogen-bond acceptors (Lipinski definition) is 5. The Hall–Kier alpha value is -2.02. The lowest BCUT2D eigenvalue weighted by atomic mass is 10.2. The Labute approximate surface area is 133 Å². The molecule has 2 heterocycles. The van der Waals surface area contributed by atoms with Crippen LogP contribution in [-0.2, 0) is 11.3 Å². The van der Waals surface area contributed by atoms with Gasteiger partial charge in [-0.2, -0.15) is 5.10 Å². The average Bonchev–Trinajstić information content (AvgIpc) is 2.75. The number of nitrogens with zero attached hydrogens (tertiary/aromatic N) is 3. The van der Waals surface area contributed by atoms with Gasteiger partial charge in [-0.25, -0.2) is 9.67 Å². The number of thiazole rings is 1. The molecule has 0 saturated carbocycles. The number of aryl methyl sites for hydroxylation is 4. The number of amides is 1. The molecule has 2 aromatic heterocycles. The van der Waals surface area contributed by atoms with Gasteiger partial charge in [0.1, 0.15) is 6.54 Å². The van der Waals surface area contributed by atoms with E-state index in [1.54, 1.807) is 11.3 Å². The van der Waals surface area contributed by atoms with E-state index >= 15 is 0 Å². The summed E-state index contributed by atoms with van der Waals surface area (Å²) in [5, 5.41) is 7.98. The molecule has 7 heteroatoms. The summed E-state index contributed by atoms with van der Waals surface area (Å²) in [7, 11) is 0. The van der Waals surface area contributed by atoms with E-state index in [1.165, 1.54) is 10.7 Å². The number of hydrogen-bond donors (Lipinski definition) is 1. The van der Waals surface area contributed by atoms with Gasteiger partial charge >= 0.3 is 0 Å². The van der Waals surface area contributed by atoms with Crippen molar-refractivity contribution in [2.45, 2.75) is 47.2 Å². The first-order chi connectivity index (χ1) is 10.3. The van der Waals surface area contributed by atoms with Crippen LogP contribution in [0, 0.1) is 27.7 Å². The lowest BCUT2D eigenvalue weighted by Gasteiger charge is -2.13. The van der Waals surface area contributed by atoms with E-state index in [9.17, 15) is 9.59 Å². The zero-order valence-corrected chi connectivity index (χ0v) is 14.2. The molecule has 2 aromatic rings. The van der Waals surface area contributed by atoms with Gasteiger partial charge in [-0.05, 0) is 40.2 Å². The molecule has 0 aromatic carbocycles. The predicted octanol–water partition coefficient (Wildman–Crippen LogP) is 1.81. The van der Waals surface area contributed by atoms with Crippen molar-refractivity contribution in [2.24, 2.45) is 0 Å². The molecule has 0 bridgehead atoms. The van der Waals surface area contributed by atoms with E-state index in [1.807, 2.05) is 34.6 Å². The van der Waals surface area contributed by atoms with Gasteiger partial charge in [-0.1, -0.05) is 0 Å². The van der Waals surface area contributed by atoms with E-state index in [2.05, 4.69) is 15.4 Å². The summed E-state index contributed by atoms with van der Waals surface area (Å²) in [4.78, 5) is 29.5. The summed E-state index contributed by atoms with van der Waals surface area (Å²) < 4.78 is 1.18. The molecule has 0 aliphatic rings. The van der Waals surface area contributed by atoms with Gasteiger partial charge in [-0.3, -0.25) is 9.59 Å². The number of rotatable bonds is 4. The summed E-state index contributed by atoms with van der Waals surface area (Å²) in [6.45, 7) is 9.35. The van der Waals surface area contributed by atoms with Gasteiger partial charge in [-0.15, -0.1) is 11.3 Å². The summed E-state index contributed by atoms with van der Waals surface area (Å²) in [6, 6.07) is 1.30. The van der Waals surface area contributed by atoms with Crippen molar-refractivity contribution in [1.29, 1.82) is 0 Å². The highest BCUT2D eigenvalue weighted by Crippen LogP contribution is 2.22. The zero-order valence-electron chi connectivity index (χ0n) is 13.4. The smallest absolute Gasteiger partial charge is 0.267 e. The fourth-order valence-electron chi connectivity index (χ4n) is 2.22. The van der Waals surface area contributed by atoms with Crippen LogP contribution in [0.3, 0.4) is 0 Å². The largest absolute Gasteiger partial charge is 0.346 e. The Morgan fingerprint density at radius 1 is 1.36 bits per heavy atom. The van der Waals surface area contributed by atoms with Crippen LogP contribution >= 0.6 is 11.3 Å². The fourth-order valence-corrected chi connectivity index (χ4v) is 3.14. The number of nitrogens with one attached hydrogen (secondary N) is 1. The van der Waals surface area contributed by atoms with Crippen LogP contribution in [0.25, 0.3) is 0 Å². The molecule has 2 rings (SSSR count). The first kappa shape index (κ1) is 16.4. The van der Waals surface area contributed by atoms with Crippen molar-refractivity contribution in [3.05, 3.63) is 43.3 Å². The van der Waals surface area contributed by atoms with Crippen molar-refractivity contribution in [1.82, 2.24) is 20.1 Å². The SMILES string of the molecule is Cc1nc([C@@H](C)NC(=O)Cn2nc(C)c(C)cc2=O)c(C)s1. The van der Waals surface area contributed by atoms with Crippen LogP contribution in [0.15, 0.2) is 10.9 Å². The lowest BCUT2D eigenvalue weighted by Crippen LogP contribution is -2.35. The van der Waals surface area contributed by atoms with E-state index in [0.29, 0.717) is 0 Å². The molecule has 0 aliphatic carbocycles.